The summed E-state index contributed by atoms with van der Waals surface area (Å²) in [6.45, 7) is 4.81. The Balaban J connectivity index is 1.55. The number of ether oxygens (including phenoxy) is 1. The Morgan fingerprint density at radius 2 is 1.83 bits per heavy atom. The first-order valence-electron chi connectivity index (χ1n) is 9.70. The zero-order valence-electron chi connectivity index (χ0n) is 14.9. The Morgan fingerprint density at radius 3 is 2.52 bits per heavy atom. The Morgan fingerprint density at radius 1 is 1.09 bits per heavy atom. The molecule has 132 valence electrons. The van der Waals surface area contributed by atoms with Gasteiger partial charge < -0.3 is 15.4 Å². The number of guanidine groups is 1. The molecule has 4 nitrogen and oxygen atoms in total. The fourth-order valence-corrected chi connectivity index (χ4v) is 3.31. The molecule has 0 heterocycles. The van der Waals surface area contributed by atoms with Gasteiger partial charge in [-0.3, -0.25) is 4.99 Å². The molecule has 2 N–H and O–H groups in total. The molecule has 0 amide bonds. The Labute approximate surface area is 142 Å². The number of hydrogen-bond donors (Lipinski definition) is 2. The number of hydrogen-bond acceptors (Lipinski definition) is 2. The second kappa shape index (κ2) is 11.5. The molecule has 1 saturated carbocycles. The minimum Gasteiger partial charge on any atom is -0.378 e. The minimum absolute atomic E-state index is 0.520. The average molecular weight is 322 g/mol. The van der Waals surface area contributed by atoms with E-state index in [9.17, 15) is 0 Å². The maximum atomic E-state index is 6.04. The molecule has 0 aromatic heterocycles. The normalized spacial score (nSPS) is 20.7. The second-order valence-electron chi connectivity index (χ2n) is 6.74. The van der Waals surface area contributed by atoms with E-state index in [2.05, 4.69) is 34.7 Å². The predicted octanol–water partition coefficient (Wildman–Crippen LogP) is 3.78. The first kappa shape index (κ1) is 18.3. The summed E-state index contributed by atoms with van der Waals surface area (Å²) in [6, 6.07) is 0.520. The van der Waals surface area contributed by atoms with Crippen LogP contribution in [0.25, 0.3) is 0 Å². The van der Waals surface area contributed by atoms with Gasteiger partial charge in [-0.1, -0.05) is 37.8 Å². The van der Waals surface area contributed by atoms with E-state index in [4.69, 9.17) is 4.74 Å². The molecule has 0 unspecified atom stereocenters. The van der Waals surface area contributed by atoms with E-state index in [1.54, 1.807) is 0 Å². The van der Waals surface area contributed by atoms with Gasteiger partial charge in [0.05, 0.1) is 6.10 Å². The fourth-order valence-electron chi connectivity index (χ4n) is 3.31. The van der Waals surface area contributed by atoms with Crippen molar-refractivity contribution in [2.75, 3.05) is 19.7 Å². The highest BCUT2D eigenvalue weighted by Crippen LogP contribution is 2.19. The van der Waals surface area contributed by atoms with Gasteiger partial charge in [0.25, 0.3) is 0 Å². The van der Waals surface area contributed by atoms with E-state index in [1.165, 1.54) is 38.5 Å². The number of aliphatic imine (C=N–C) groups is 1. The van der Waals surface area contributed by atoms with Crippen molar-refractivity contribution in [1.82, 2.24) is 10.6 Å². The van der Waals surface area contributed by atoms with Gasteiger partial charge in [0.15, 0.2) is 5.96 Å². The standard InChI is InChI=1S/C19H35N3O/c1-2-20-19(22-17-11-7-8-12-17)21-15-9-10-16-23-18-13-5-3-4-6-14-18/h7-8,17-18H,2-6,9-16H2,1H3,(H2,20,21,22). The summed E-state index contributed by atoms with van der Waals surface area (Å²) in [4.78, 5) is 4.69. The summed E-state index contributed by atoms with van der Waals surface area (Å²) < 4.78 is 6.04. The lowest BCUT2D eigenvalue weighted by atomic mass is 10.1. The molecule has 0 spiro atoms. The van der Waals surface area contributed by atoms with Crippen LogP contribution in [-0.2, 0) is 4.74 Å². The van der Waals surface area contributed by atoms with Crippen LogP contribution in [0.2, 0.25) is 0 Å². The molecular weight excluding hydrogens is 286 g/mol. The topological polar surface area (TPSA) is 45.7 Å². The Hall–Kier alpha value is -1.03. The molecule has 2 aliphatic carbocycles. The van der Waals surface area contributed by atoms with Gasteiger partial charge in [-0.15, -0.1) is 0 Å². The summed E-state index contributed by atoms with van der Waals surface area (Å²) >= 11 is 0. The van der Waals surface area contributed by atoms with Gasteiger partial charge in [0.1, 0.15) is 0 Å². The molecular formula is C19H35N3O. The molecule has 0 atom stereocenters. The van der Waals surface area contributed by atoms with Crippen molar-refractivity contribution in [1.29, 1.82) is 0 Å². The second-order valence-corrected chi connectivity index (χ2v) is 6.74. The van der Waals surface area contributed by atoms with Crippen molar-refractivity contribution in [3.63, 3.8) is 0 Å². The van der Waals surface area contributed by atoms with Crippen LogP contribution in [0, 0.1) is 0 Å². The third-order valence-electron chi connectivity index (χ3n) is 4.67. The molecule has 0 aromatic carbocycles. The van der Waals surface area contributed by atoms with Crippen molar-refractivity contribution in [2.45, 2.75) is 83.3 Å². The summed E-state index contributed by atoms with van der Waals surface area (Å²) in [6.07, 6.45) is 17.5. The van der Waals surface area contributed by atoms with E-state index in [0.29, 0.717) is 12.1 Å². The first-order valence-corrected chi connectivity index (χ1v) is 9.70. The Bertz CT molecular complexity index is 352. The first-order chi connectivity index (χ1) is 11.4. The number of nitrogens with one attached hydrogen (secondary N) is 2. The molecule has 0 radical (unpaired) electrons. The summed E-state index contributed by atoms with van der Waals surface area (Å²) in [7, 11) is 0. The van der Waals surface area contributed by atoms with E-state index in [-0.39, 0.29) is 0 Å². The molecule has 0 aliphatic heterocycles. The molecule has 23 heavy (non-hydrogen) atoms. The van der Waals surface area contributed by atoms with E-state index in [0.717, 1.165) is 51.3 Å². The smallest absolute Gasteiger partial charge is 0.191 e. The van der Waals surface area contributed by atoms with Crippen LogP contribution in [0.1, 0.15) is 71.1 Å². The van der Waals surface area contributed by atoms with Crippen LogP contribution in [-0.4, -0.2) is 37.8 Å². The van der Waals surface area contributed by atoms with Crippen molar-refractivity contribution < 1.29 is 4.74 Å². The van der Waals surface area contributed by atoms with Gasteiger partial charge in [-0.25, -0.2) is 0 Å². The summed E-state index contributed by atoms with van der Waals surface area (Å²) in [5.41, 5.74) is 0. The summed E-state index contributed by atoms with van der Waals surface area (Å²) in [5, 5.41) is 6.85. The lowest BCUT2D eigenvalue weighted by Gasteiger charge is -2.17. The number of nitrogens with zero attached hydrogens (tertiary/aromatic N) is 1. The van der Waals surface area contributed by atoms with Gasteiger partial charge in [0.2, 0.25) is 0 Å². The quantitative estimate of drug-likeness (QED) is 0.235. The minimum atomic E-state index is 0.520. The molecule has 0 aromatic rings. The molecule has 1 fully saturated rings. The highest BCUT2D eigenvalue weighted by atomic mass is 16.5. The van der Waals surface area contributed by atoms with Crippen molar-refractivity contribution in [2.24, 2.45) is 4.99 Å². The van der Waals surface area contributed by atoms with Crippen LogP contribution < -0.4 is 10.6 Å². The number of rotatable bonds is 8. The predicted molar refractivity (Wildman–Crippen MR) is 98.0 cm³/mol. The van der Waals surface area contributed by atoms with E-state index in [1.807, 2.05) is 0 Å². The number of unbranched alkanes of at least 4 members (excludes halogenated alkanes) is 1. The zero-order valence-corrected chi connectivity index (χ0v) is 14.9. The van der Waals surface area contributed by atoms with Crippen LogP contribution in [0.5, 0.6) is 0 Å². The van der Waals surface area contributed by atoms with Crippen LogP contribution >= 0.6 is 0 Å². The maximum absolute atomic E-state index is 6.04. The Kier molecular flexibility index (Phi) is 9.15. The zero-order chi connectivity index (χ0) is 16.2. The fraction of sp³-hybridized carbons (Fsp3) is 0.842. The monoisotopic (exact) mass is 321 g/mol. The van der Waals surface area contributed by atoms with Crippen LogP contribution in [0.3, 0.4) is 0 Å². The van der Waals surface area contributed by atoms with E-state index >= 15 is 0 Å². The lowest BCUT2D eigenvalue weighted by Crippen LogP contribution is -2.42. The maximum Gasteiger partial charge on any atom is 0.191 e. The molecule has 4 heteroatoms. The van der Waals surface area contributed by atoms with Crippen molar-refractivity contribution in [3.05, 3.63) is 12.2 Å². The van der Waals surface area contributed by atoms with E-state index < -0.39 is 0 Å². The molecule has 0 bridgehead atoms. The van der Waals surface area contributed by atoms with Gasteiger partial charge >= 0.3 is 0 Å². The summed E-state index contributed by atoms with van der Waals surface area (Å²) in [5.74, 6) is 0.964. The SMILES string of the molecule is CCNC(=NCCCCOC1CCCCCC1)NC1CC=CC1. The third kappa shape index (κ3) is 7.87. The van der Waals surface area contributed by atoms with Gasteiger partial charge in [-0.05, 0) is 45.4 Å². The van der Waals surface area contributed by atoms with Crippen molar-refractivity contribution >= 4 is 5.96 Å². The lowest BCUT2D eigenvalue weighted by molar-refractivity contribution is 0.0413. The van der Waals surface area contributed by atoms with Crippen LogP contribution in [0.4, 0.5) is 0 Å². The average Bonchev–Trinajstić information content (AvgIpc) is 2.92. The van der Waals surface area contributed by atoms with Gasteiger partial charge in [-0.2, -0.15) is 0 Å². The highest BCUT2D eigenvalue weighted by molar-refractivity contribution is 5.80. The van der Waals surface area contributed by atoms with Crippen molar-refractivity contribution in [3.8, 4) is 0 Å². The largest absolute Gasteiger partial charge is 0.378 e. The molecule has 2 rings (SSSR count). The molecule has 0 saturated heterocycles. The van der Waals surface area contributed by atoms with Crippen LogP contribution in [0.15, 0.2) is 17.1 Å². The van der Waals surface area contributed by atoms with Gasteiger partial charge in [0, 0.05) is 25.7 Å². The third-order valence-corrected chi connectivity index (χ3v) is 4.67. The molecule has 2 aliphatic rings. The highest BCUT2D eigenvalue weighted by Gasteiger charge is 2.12.